The number of aliphatic hydroxyl groups is 2. The molecule has 0 radical (unpaired) electrons. The number of methoxy groups -OCH3 is 1. The highest BCUT2D eigenvalue weighted by Gasteiger charge is 2.49. The van der Waals surface area contributed by atoms with Crippen molar-refractivity contribution in [3.05, 3.63) is 51.6 Å². The first-order valence-corrected chi connectivity index (χ1v) is 12.2. The van der Waals surface area contributed by atoms with E-state index in [2.05, 4.69) is 0 Å². The highest BCUT2D eigenvalue weighted by atomic mass is 35.5. The van der Waals surface area contributed by atoms with Crippen molar-refractivity contribution >= 4 is 17.3 Å². The molecule has 0 amide bonds. The first-order valence-electron chi connectivity index (χ1n) is 12.2. The Labute approximate surface area is 229 Å². The van der Waals surface area contributed by atoms with Crippen LogP contribution < -0.4 is 22.9 Å². The van der Waals surface area contributed by atoms with Gasteiger partial charge >= 0.3 is 0 Å². The van der Waals surface area contributed by atoms with Crippen LogP contribution in [0, 0.1) is 0 Å². The standard InChI is InChI=1S/C27H29NO10.ClH/c1-10-22(30)14(28)7-17(37-10)38-16-9-27(35,11(2)29)8-13-19(16)26(34)21-20(24(13)32)23(31)12-5-4-6-15(36-3)18(12)25(21)33;/h4-6,10,14,16-17,22,30,32,34-35H,7-9,28H2,1-3H3;1H/p-1/t10?,14?,16?,17-,22?,27-;/m0./s1. The lowest BCUT2D eigenvalue weighted by atomic mass is 9.72. The summed E-state index contributed by atoms with van der Waals surface area (Å²) in [5.74, 6) is -3.18. The number of hydrogen-bond donors (Lipinski definition) is 5. The van der Waals surface area contributed by atoms with Crippen molar-refractivity contribution in [2.45, 2.75) is 69.4 Å². The third-order valence-corrected chi connectivity index (χ3v) is 7.80. The molecule has 1 aliphatic heterocycles. The van der Waals surface area contributed by atoms with E-state index in [-0.39, 0.29) is 53.3 Å². The number of carbonyl (C=O) groups is 3. The summed E-state index contributed by atoms with van der Waals surface area (Å²) in [6.07, 6.45) is -4.53. The Morgan fingerprint density at radius 3 is 2.41 bits per heavy atom. The number of halogens is 1. The van der Waals surface area contributed by atoms with Gasteiger partial charge in [-0.1, -0.05) is 12.1 Å². The summed E-state index contributed by atoms with van der Waals surface area (Å²) in [6.45, 7) is 2.79. The minimum Gasteiger partial charge on any atom is -1.00 e. The number of ether oxygens (including phenoxy) is 3. The maximum atomic E-state index is 13.6. The van der Waals surface area contributed by atoms with Crippen molar-refractivity contribution in [1.29, 1.82) is 0 Å². The molecule has 0 saturated carbocycles. The molecule has 1 heterocycles. The molecule has 6 atom stereocenters. The number of phenolic OH excluding ortho intramolecular Hbond substituents is 2. The quantitative estimate of drug-likeness (QED) is 0.222. The Bertz CT molecular complexity index is 1370. The van der Waals surface area contributed by atoms with Crippen LogP contribution in [0.3, 0.4) is 0 Å². The third-order valence-electron chi connectivity index (χ3n) is 7.80. The zero-order valence-corrected chi connectivity index (χ0v) is 22.2. The highest BCUT2D eigenvalue weighted by Crippen LogP contribution is 2.52. The molecule has 3 aliphatic rings. The Balaban J connectivity index is 0.00000353. The number of rotatable bonds is 4. The van der Waals surface area contributed by atoms with E-state index in [9.17, 15) is 34.8 Å². The summed E-state index contributed by atoms with van der Waals surface area (Å²) in [5.41, 5.74) is 2.97. The number of ketones is 3. The van der Waals surface area contributed by atoms with Crippen LogP contribution in [0.2, 0.25) is 0 Å². The molecular formula is C27H29ClNO10-. The van der Waals surface area contributed by atoms with Gasteiger partial charge in [0.1, 0.15) is 22.8 Å². The first-order chi connectivity index (χ1) is 17.9. The smallest absolute Gasteiger partial charge is 0.202 e. The summed E-state index contributed by atoms with van der Waals surface area (Å²) < 4.78 is 17.1. The van der Waals surface area contributed by atoms with Gasteiger partial charge in [-0.25, -0.2) is 0 Å². The molecule has 5 rings (SSSR count). The Kier molecular flexibility index (Phi) is 7.54. The van der Waals surface area contributed by atoms with Gasteiger partial charge in [-0.2, -0.15) is 0 Å². The largest absolute Gasteiger partial charge is 1.00 e. The molecule has 6 N–H and O–H groups in total. The summed E-state index contributed by atoms with van der Waals surface area (Å²) >= 11 is 0. The van der Waals surface area contributed by atoms with Crippen molar-refractivity contribution in [3.63, 3.8) is 0 Å². The number of nitrogens with two attached hydrogens (primary N) is 1. The molecule has 0 spiro atoms. The molecule has 2 aromatic rings. The topological polar surface area (TPSA) is 186 Å². The van der Waals surface area contributed by atoms with Gasteiger partial charge in [0.05, 0.1) is 42.1 Å². The molecule has 11 nitrogen and oxygen atoms in total. The van der Waals surface area contributed by atoms with Gasteiger partial charge < -0.3 is 52.8 Å². The maximum absolute atomic E-state index is 13.6. The Morgan fingerprint density at radius 2 is 1.79 bits per heavy atom. The predicted molar refractivity (Wildman–Crippen MR) is 130 cm³/mol. The van der Waals surface area contributed by atoms with E-state index in [1.165, 1.54) is 32.2 Å². The Hall–Kier alpha value is -3.06. The lowest BCUT2D eigenvalue weighted by Crippen LogP contribution is -3.00. The van der Waals surface area contributed by atoms with Gasteiger partial charge in [-0.05, 0) is 19.9 Å². The number of phenols is 2. The summed E-state index contributed by atoms with van der Waals surface area (Å²) in [5, 5.41) is 44.1. The number of aliphatic hydroxyl groups excluding tert-OH is 1. The molecule has 210 valence electrons. The summed E-state index contributed by atoms with van der Waals surface area (Å²) in [6, 6.07) is 3.75. The lowest BCUT2D eigenvalue weighted by Gasteiger charge is -2.42. The molecule has 4 unspecified atom stereocenters. The molecule has 2 aliphatic carbocycles. The number of aromatic hydroxyl groups is 2. The average Bonchev–Trinajstić information content (AvgIpc) is 2.87. The van der Waals surface area contributed by atoms with Crippen molar-refractivity contribution < 1.29 is 61.4 Å². The number of carbonyl (C=O) groups excluding carboxylic acids is 3. The van der Waals surface area contributed by atoms with E-state index in [4.69, 9.17) is 19.9 Å². The van der Waals surface area contributed by atoms with Crippen molar-refractivity contribution in [3.8, 4) is 17.2 Å². The zero-order valence-electron chi connectivity index (χ0n) is 21.4. The summed E-state index contributed by atoms with van der Waals surface area (Å²) in [4.78, 5) is 39.6. The predicted octanol–water partition coefficient (Wildman–Crippen LogP) is -1.97. The van der Waals surface area contributed by atoms with Crippen LogP contribution >= 0.6 is 0 Å². The normalized spacial score (nSPS) is 29.5. The van der Waals surface area contributed by atoms with Gasteiger partial charge in [0.2, 0.25) is 5.78 Å². The van der Waals surface area contributed by atoms with Crippen LogP contribution in [0.5, 0.6) is 17.2 Å². The average molecular weight is 563 g/mol. The van der Waals surface area contributed by atoms with Gasteiger partial charge in [0.25, 0.3) is 0 Å². The van der Waals surface area contributed by atoms with Crippen molar-refractivity contribution in [1.82, 2.24) is 0 Å². The lowest BCUT2D eigenvalue weighted by molar-refractivity contribution is -0.247. The second-order valence-corrected chi connectivity index (χ2v) is 10.1. The molecule has 2 aromatic carbocycles. The molecule has 0 aromatic heterocycles. The van der Waals surface area contributed by atoms with Crippen molar-refractivity contribution in [2.75, 3.05) is 7.11 Å². The third kappa shape index (κ3) is 4.39. The van der Waals surface area contributed by atoms with Gasteiger partial charge in [-0.3, -0.25) is 14.4 Å². The number of hydrogen-bond acceptors (Lipinski definition) is 11. The highest BCUT2D eigenvalue weighted by molar-refractivity contribution is 6.31. The number of fused-ring (bicyclic) bond motifs is 3. The molecule has 12 heteroatoms. The van der Waals surface area contributed by atoms with Crippen LogP contribution in [-0.2, 0) is 20.7 Å². The molecule has 0 bridgehead atoms. The minimum atomic E-state index is -2.00. The minimum absolute atomic E-state index is 0. The zero-order chi connectivity index (χ0) is 27.7. The summed E-state index contributed by atoms with van der Waals surface area (Å²) in [7, 11) is 1.34. The fourth-order valence-electron chi connectivity index (χ4n) is 5.66. The van der Waals surface area contributed by atoms with Gasteiger partial charge in [-0.15, -0.1) is 0 Å². The van der Waals surface area contributed by atoms with Crippen LogP contribution in [0.15, 0.2) is 18.2 Å². The van der Waals surface area contributed by atoms with E-state index in [1.54, 1.807) is 6.92 Å². The molecular weight excluding hydrogens is 534 g/mol. The number of Topliss-reactive ketones (excluding diaryl/α,β-unsaturated/α-hetero) is 1. The Morgan fingerprint density at radius 1 is 1.13 bits per heavy atom. The van der Waals surface area contributed by atoms with E-state index in [0.29, 0.717) is 0 Å². The van der Waals surface area contributed by atoms with Crippen LogP contribution in [0.25, 0.3) is 0 Å². The molecule has 1 saturated heterocycles. The first kappa shape index (κ1) is 28.9. The van der Waals surface area contributed by atoms with Crippen molar-refractivity contribution in [2.24, 2.45) is 5.73 Å². The molecule has 1 fully saturated rings. The van der Waals surface area contributed by atoms with E-state index in [0.717, 1.165) is 0 Å². The molecule has 39 heavy (non-hydrogen) atoms. The second-order valence-electron chi connectivity index (χ2n) is 10.1. The van der Waals surface area contributed by atoms with Gasteiger partial charge in [0.15, 0.2) is 17.9 Å². The van der Waals surface area contributed by atoms with E-state index < -0.39 is 82.6 Å². The monoisotopic (exact) mass is 562 g/mol. The second kappa shape index (κ2) is 10.2. The fourth-order valence-corrected chi connectivity index (χ4v) is 5.66. The van der Waals surface area contributed by atoms with Crippen LogP contribution in [-0.4, -0.2) is 75.0 Å². The SMILES string of the molecule is COc1cccc2c1C(=O)c1c(O)c3c(c(O)c1C2=O)C[C@@](O)(C(C)=O)CC3O[C@H]1CC(N)C(O)C(C)O1.[Cl-]. The van der Waals surface area contributed by atoms with Crippen LogP contribution in [0.1, 0.15) is 75.8 Å². The number of benzene rings is 2. The fraction of sp³-hybridized carbons (Fsp3) is 0.444. The van der Waals surface area contributed by atoms with Gasteiger partial charge in [0, 0.05) is 42.0 Å². The van der Waals surface area contributed by atoms with Crippen LogP contribution in [0.4, 0.5) is 0 Å². The van der Waals surface area contributed by atoms with E-state index >= 15 is 0 Å². The maximum Gasteiger partial charge on any atom is 0.202 e. The van der Waals surface area contributed by atoms with E-state index in [1.807, 2.05) is 0 Å².